The van der Waals surface area contributed by atoms with Crippen LogP contribution in [0.4, 0.5) is 0 Å². The third-order valence-electron chi connectivity index (χ3n) is 3.09. The Morgan fingerprint density at radius 2 is 2.10 bits per heavy atom. The molecule has 4 nitrogen and oxygen atoms in total. The van der Waals surface area contributed by atoms with Crippen LogP contribution in [0.2, 0.25) is 0 Å². The minimum Gasteiger partial charge on any atom is -0.389 e. The van der Waals surface area contributed by atoms with Crippen LogP contribution in [0.25, 0.3) is 0 Å². The highest BCUT2D eigenvalue weighted by Gasteiger charge is 2.14. The van der Waals surface area contributed by atoms with Crippen molar-refractivity contribution in [1.82, 2.24) is 4.90 Å². The summed E-state index contributed by atoms with van der Waals surface area (Å²) in [5.74, 6) is 0. The molecule has 21 heavy (non-hydrogen) atoms. The third-order valence-corrected chi connectivity index (χ3v) is 4.07. The van der Waals surface area contributed by atoms with Crippen molar-refractivity contribution in [2.75, 3.05) is 33.4 Å². The number of ether oxygens (including phenoxy) is 2. The van der Waals surface area contributed by atoms with Gasteiger partial charge in [0.1, 0.15) is 0 Å². The van der Waals surface area contributed by atoms with E-state index in [2.05, 4.69) is 24.0 Å². The van der Waals surface area contributed by atoms with Gasteiger partial charge in [-0.25, -0.2) is 0 Å². The van der Waals surface area contributed by atoms with Crippen molar-refractivity contribution in [2.45, 2.75) is 45.9 Å². The van der Waals surface area contributed by atoms with Crippen molar-refractivity contribution >= 4 is 11.3 Å². The molecule has 0 saturated heterocycles. The molecule has 0 aromatic carbocycles. The Hall–Kier alpha value is -0.460. The molecule has 0 aliphatic carbocycles. The number of aliphatic hydroxyl groups is 1. The second kappa shape index (κ2) is 10.3. The number of aliphatic hydroxyl groups excluding tert-OH is 1. The summed E-state index contributed by atoms with van der Waals surface area (Å²) in [5, 5.41) is 10.1. The first-order chi connectivity index (χ1) is 10.0. The lowest BCUT2D eigenvalue weighted by molar-refractivity contribution is -0.0102. The molecule has 0 aliphatic rings. The number of hydrogen-bond acceptors (Lipinski definition) is 5. The topological polar surface area (TPSA) is 41.9 Å². The minimum absolute atomic E-state index is 0.154. The molecule has 1 aromatic heterocycles. The first-order valence-corrected chi connectivity index (χ1v) is 8.39. The van der Waals surface area contributed by atoms with Crippen LogP contribution in [0, 0.1) is 6.92 Å². The zero-order chi connectivity index (χ0) is 15.7. The molecule has 0 amide bonds. The second-order valence-corrected chi connectivity index (χ2v) is 7.00. The first kappa shape index (κ1) is 18.6. The molecule has 1 aromatic rings. The zero-order valence-electron chi connectivity index (χ0n) is 13.7. The summed E-state index contributed by atoms with van der Waals surface area (Å²) in [4.78, 5) is 4.94. The van der Waals surface area contributed by atoms with Crippen LogP contribution in [-0.4, -0.2) is 55.6 Å². The molecule has 0 fully saturated rings. The molecular formula is C16H29NO3S. The summed E-state index contributed by atoms with van der Waals surface area (Å²) in [6, 6.07) is 4.31. The Morgan fingerprint density at radius 1 is 1.33 bits per heavy atom. The van der Waals surface area contributed by atoms with Gasteiger partial charge in [-0.3, -0.25) is 4.90 Å². The SMILES string of the molecule is COCCCN(Cc1ccc(C)s1)C[C@@H](O)COC(C)C. The normalized spacial score (nSPS) is 13.3. The summed E-state index contributed by atoms with van der Waals surface area (Å²) < 4.78 is 10.6. The predicted octanol–water partition coefficient (Wildman–Crippen LogP) is 2.68. The van der Waals surface area contributed by atoms with Crippen LogP contribution in [-0.2, 0) is 16.0 Å². The largest absolute Gasteiger partial charge is 0.389 e. The van der Waals surface area contributed by atoms with E-state index in [9.17, 15) is 5.11 Å². The number of hydrogen-bond donors (Lipinski definition) is 1. The summed E-state index contributed by atoms with van der Waals surface area (Å²) in [6.45, 7) is 9.65. The minimum atomic E-state index is -0.448. The Balaban J connectivity index is 2.46. The van der Waals surface area contributed by atoms with Gasteiger partial charge in [0.15, 0.2) is 0 Å². The first-order valence-electron chi connectivity index (χ1n) is 7.57. The van der Waals surface area contributed by atoms with E-state index in [0.717, 1.165) is 26.1 Å². The Bertz CT molecular complexity index is 381. The lowest BCUT2D eigenvalue weighted by Gasteiger charge is -2.25. The molecule has 0 saturated carbocycles. The van der Waals surface area contributed by atoms with Gasteiger partial charge in [0.2, 0.25) is 0 Å². The van der Waals surface area contributed by atoms with Crippen LogP contribution in [0.1, 0.15) is 30.0 Å². The standard InChI is InChI=1S/C16H29NO3S/c1-13(2)20-12-15(18)10-17(8-5-9-19-4)11-16-7-6-14(3)21-16/h6-7,13,15,18H,5,8-12H2,1-4H3/t15-/m1/s1. The Kier molecular flexibility index (Phi) is 9.11. The lowest BCUT2D eigenvalue weighted by atomic mass is 10.3. The number of nitrogens with zero attached hydrogens (tertiary/aromatic N) is 1. The van der Waals surface area contributed by atoms with Gasteiger partial charge in [-0.15, -0.1) is 11.3 Å². The fourth-order valence-electron chi connectivity index (χ4n) is 2.11. The molecule has 0 unspecified atom stereocenters. The molecule has 0 spiro atoms. The quantitative estimate of drug-likeness (QED) is 0.638. The van der Waals surface area contributed by atoms with Crippen molar-refractivity contribution in [3.63, 3.8) is 0 Å². The maximum Gasteiger partial charge on any atom is 0.0900 e. The zero-order valence-corrected chi connectivity index (χ0v) is 14.5. The molecule has 1 atom stereocenters. The molecule has 0 radical (unpaired) electrons. The smallest absolute Gasteiger partial charge is 0.0900 e. The lowest BCUT2D eigenvalue weighted by Crippen LogP contribution is -2.36. The highest BCUT2D eigenvalue weighted by atomic mass is 32.1. The highest BCUT2D eigenvalue weighted by molar-refractivity contribution is 7.11. The molecule has 0 aliphatic heterocycles. The van der Waals surface area contributed by atoms with E-state index in [1.165, 1.54) is 9.75 Å². The van der Waals surface area contributed by atoms with Crippen LogP contribution in [0.5, 0.6) is 0 Å². The Labute approximate surface area is 132 Å². The van der Waals surface area contributed by atoms with E-state index in [0.29, 0.717) is 13.2 Å². The number of methoxy groups -OCH3 is 1. The van der Waals surface area contributed by atoms with Crippen LogP contribution in [0.3, 0.4) is 0 Å². The van der Waals surface area contributed by atoms with Gasteiger partial charge < -0.3 is 14.6 Å². The van der Waals surface area contributed by atoms with Crippen molar-refractivity contribution in [3.05, 3.63) is 21.9 Å². The summed E-state index contributed by atoms with van der Waals surface area (Å²) >= 11 is 1.81. The molecule has 1 rings (SSSR count). The van der Waals surface area contributed by atoms with Gasteiger partial charge in [-0.2, -0.15) is 0 Å². The fraction of sp³-hybridized carbons (Fsp3) is 0.750. The van der Waals surface area contributed by atoms with Crippen molar-refractivity contribution < 1.29 is 14.6 Å². The van der Waals surface area contributed by atoms with E-state index < -0.39 is 6.10 Å². The number of aryl methyl sites for hydroxylation is 1. The number of thiophene rings is 1. The third kappa shape index (κ3) is 8.53. The summed E-state index contributed by atoms with van der Waals surface area (Å²) in [6.07, 6.45) is 0.677. The Morgan fingerprint density at radius 3 is 2.67 bits per heavy atom. The molecule has 0 bridgehead atoms. The van der Waals surface area contributed by atoms with E-state index in [4.69, 9.17) is 9.47 Å². The van der Waals surface area contributed by atoms with Gasteiger partial charge in [0.25, 0.3) is 0 Å². The van der Waals surface area contributed by atoms with E-state index in [1.807, 2.05) is 25.2 Å². The highest BCUT2D eigenvalue weighted by Crippen LogP contribution is 2.17. The predicted molar refractivity (Wildman–Crippen MR) is 87.9 cm³/mol. The molecule has 5 heteroatoms. The van der Waals surface area contributed by atoms with Crippen LogP contribution < -0.4 is 0 Å². The van der Waals surface area contributed by atoms with E-state index in [1.54, 1.807) is 7.11 Å². The second-order valence-electron chi connectivity index (χ2n) is 5.63. The van der Waals surface area contributed by atoms with Gasteiger partial charge >= 0.3 is 0 Å². The maximum atomic E-state index is 10.1. The monoisotopic (exact) mass is 315 g/mol. The maximum absolute atomic E-state index is 10.1. The van der Waals surface area contributed by atoms with Crippen molar-refractivity contribution in [1.29, 1.82) is 0 Å². The van der Waals surface area contributed by atoms with Gasteiger partial charge in [0.05, 0.1) is 18.8 Å². The van der Waals surface area contributed by atoms with Gasteiger partial charge in [-0.05, 0) is 39.3 Å². The average molecular weight is 315 g/mol. The van der Waals surface area contributed by atoms with Crippen molar-refractivity contribution in [3.8, 4) is 0 Å². The van der Waals surface area contributed by atoms with Crippen molar-refractivity contribution in [2.24, 2.45) is 0 Å². The van der Waals surface area contributed by atoms with Gasteiger partial charge in [-0.1, -0.05) is 0 Å². The molecule has 1 heterocycles. The summed E-state index contributed by atoms with van der Waals surface area (Å²) in [7, 11) is 1.72. The molecular weight excluding hydrogens is 286 g/mol. The fourth-order valence-corrected chi connectivity index (χ4v) is 3.05. The van der Waals surface area contributed by atoms with E-state index >= 15 is 0 Å². The average Bonchev–Trinajstić information content (AvgIpc) is 2.82. The number of rotatable bonds is 11. The summed E-state index contributed by atoms with van der Waals surface area (Å²) in [5.41, 5.74) is 0. The molecule has 122 valence electrons. The molecule has 1 N–H and O–H groups in total. The van der Waals surface area contributed by atoms with Gasteiger partial charge in [0, 0.05) is 43.1 Å². The van der Waals surface area contributed by atoms with Crippen LogP contribution in [0.15, 0.2) is 12.1 Å². The van der Waals surface area contributed by atoms with E-state index in [-0.39, 0.29) is 6.10 Å². The van der Waals surface area contributed by atoms with Crippen LogP contribution >= 0.6 is 11.3 Å².